The summed E-state index contributed by atoms with van der Waals surface area (Å²) in [6, 6.07) is 0. The predicted molar refractivity (Wildman–Crippen MR) is 51.6 cm³/mol. The van der Waals surface area contributed by atoms with E-state index >= 15 is 0 Å². The van der Waals surface area contributed by atoms with Crippen LogP contribution in [0.25, 0.3) is 0 Å². The third-order valence-corrected chi connectivity index (χ3v) is 2.16. The molecule has 82 valence electrons. The largest absolute Gasteiger partial charge is 0.462 e. The molecule has 0 N–H and O–H groups in total. The van der Waals surface area contributed by atoms with Gasteiger partial charge in [-0.2, -0.15) is 0 Å². The lowest BCUT2D eigenvalue weighted by Crippen LogP contribution is -2.41. The van der Waals surface area contributed by atoms with Crippen molar-refractivity contribution in [1.82, 2.24) is 0 Å². The molecule has 4 nitrogen and oxygen atoms in total. The van der Waals surface area contributed by atoms with Crippen LogP contribution in [0.2, 0.25) is 0 Å². The fourth-order valence-electron chi connectivity index (χ4n) is 0.887. The third kappa shape index (κ3) is 4.25. The normalized spacial score (nSPS) is 14.7. The van der Waals surface area contributed by atoms with E-state index in [9.17, 15) is 9.59 Å². The van der Waals surface area contributed by atoms with E-state index in [1.54, 1.807) is 6.92 Å². The number of ether oxygens (including phenoxy) is 2. The average Bonchev–Trinajstić information content (AvgIpc) is 1.99. The molecule has 0 saturated carbocycles. The molecule has 0 amide bonds. The summed E-state index contributed by atoms with van der Waals surface area (Å²) in [6.07, 6.45) is 0. The van der Waals surface area contributed by atoms with Crippen molar-refractivity contribution in [3.63, 3.8) is 0 Å². The molecule has 14 heavy (non-hydrogen) atoms. The fraction of sp³-hybridized carbons (Fsp3) is 0.800. The maximum absolute atomic E-state index is 10.8. The quantitative estimate of drug-likeness (QED) is 0.649. The molecule has 0 aliphatic rings. The van der Waals surface area contributed by atoms with Crippen LogP contribution in [0.5, 0.6) is 0 Å². The molecule has 0 spiro atoms. The summed E-state index contributed by atoms with van der Waals surface area (Å²) in [7, 11) is 0. The molecule has 1 atom stereocenters. The van der Waals surface area contributed by atoms with E-state index in [1.807, 2.05) is 13.8 Å². The Balaban J connectivity index is 4.39. The molecule has 0 saturated heterocycles. The molecule has 0 aliphatic heterocycles. The van der Waals surface area contributed by atoms with Crippen LogP contribution in [0, 0.1) is 5.92 Å². The highest BCUT2D eigenvalue weighted by molar-refractivity contribution is 5.67. The van der Waals surface area contributed by atoms with Gasteiger partial charge in [-0.15, -0.1) is 0 Å². The smallest absolute Gasteiger partial charge is 0.303 e. The van der Waals surface area contributed by atoms with Gasteiger partial charge in [-0.3, -0.25) is 9.59 Å². The summed E-state index contributed by atoms with van der Waals surface area (Å²) < 4.78 is 9.99. The minimum Gasteiger partial charge on any atom is -0.462 e. The van der Waals surface area contributed by atoms with Gasteiger partial charge in [0.15, 0.2) is 0 Å². The van der Waals surface area contributed by atoms with E-state index in [0.717, 1.165) is 0 Å². The Kier molecular flexibility index (Phi) is 4.60. The Morgan fingerprint density at radius 2 is 1.71 bits per heavy atom. The van der Waals surface area contributed by atoms with Crippen molar-refractivity contribution in [2.45, 2.75) is 40.2 Å². The van der Waals surface area contributed by atoms with Crippen molar-refractivity contribution in [2.75, 3.05) is 6.61 Å². The van der Waals surface area contributed by atoms with Crippen LogP contribution in [0.1, 0.15) is 34.6 Å². The van der Waals surface area contributed by atoms with Gasteiger partial charge in [0.05, 0.1) is 0 Å². The van der Waals surface area contributed by atoms with Gasteiger partial charge in [0, 0.05) is 13.8 Å². The Morgan fingerprint density at radius 1 is 1.21 bits per heavy atom. The molecule has 1 unspecified atom stereocenters. The highest BCUT2D eigenvalue weighted by Crippen LogP contribution is 2.22. The highest BCUT2D eigenvalue weighted by Gasteiger charge is 2.33. The first-order valence-electron chi connectivity index (χ1n) is 4.61. The van der Waals surface area contributed by atoms with Gasteiger partial charge in [0.1, 0.15) is 12.2 Å². The minimum atomic E-state index is -0.739. The van der Waals surface area contributed by atoms with Gasteiger partial charge in [0.2, 0.25) is 0 Å². The zero-order chi connectivity index (χ0) is 11.4. The minimum absolute atomic E-state index is 0.0887. The van der Waals surface area contributed by atoms with Crippen LogP contribution in [0.3, 0.4) is 0 Å². The Labute approximate surface area is 84.6 Å². The summed E-state index contributed by atoms with van der Waals surface area (Å²) in [5.74, 6) is -0.650. The average molecular weight is 202 g/mol. The van der Waals surface area contributed by atoms with Crippen molar-refractivity contribution >= 4 is 11.9 Å². The Hall–Kier alpha value is -1.06. The predicted octanol–water partition coefficient (Wildman–Crippen LogP) is 1.53. The molecule has 0 radical (unpaired) electrons. The molecule has 0 fully saturated rings. The first kappa shape index (κ1) is 12.9. The molecule has 0 aromatic rings. The van der Waals surface area contributed by atoms with Crippen LogP contribution in [0.4, 0.5) is 0 Å². The number of hydrogen-bond acceptors (Lipinski definition) is 4. The van der Waals surface area contributed by atoms with E-state index in [4.69, 9.17) is 9.47 Å². The van der Waals surface area contributed by atoms with Crippen LogP contribution >= 0.6 is 0 Å². The van der Waals surface area contributed by atoms with E-state index in [-0.39, 0.29) is 24.5 Å². The van der Waals surface area contributed by atoms with E-state index in [0.29, 0.717) is 0 Å². The second-order valence-electron chi connectivity index (χ2n) is 3.84. The molecule has 0 rings (SSSR count). The summed E-state index contributed by atoms with van der Waals surface area (Å²) >= 11 is 0. The van der Waals surface area contributed by atoms with E-state index < -0.39 is 5.60 Å². The number of hydrogen-bond donors (Lipinski definition) is 0. The monoisotopic (exact) mass is 202 g/mol. The van der Waals surface area contributed by atoms with Crippen molar-refractivity contribution in [1.29, 1.82) is 0 Å². The number of rotatable bonds is 4. The van der Waals surface area contributed by atoms with Crippen LogP contribution < -0.4 is 0 Å². The first-order valence-corrected chi connectivity index (χ1v) is 4.61. The molecule has 0 heterocycles. The van der Waals surface area contributed by atoms with Gasteiger partial charge in [0.25, 0.3) is 0 Å². The zero-order valence-corrected chi connectivity index (χ0v) is 9.42. The van der Waals surface area contributed by atoms with E-state index in [2.05, 4.69) is 0 Å². The standard InChI is InChI=1S/C10H18O4/c1-7(2)10(5,14-9(4)12)6-13-8(3)11/h7H,6H2,1-5H3. The molecule has 0 aliphatic carbocycles. The Bertz CT molecular complexity index is 222. The molecule has 0 bridgehead atoms. The van der Waals surface area contributed by atoms with Crippen LogP contribution in [-0.4, -0.2) is 24.1 Å². The van der Waals surface area contributed by atoms with Crippen molar-refractivity contribution in [3.8, 4) is 0 Å². The SMILES string of the molecule is CC(=O)OCC(C)(OC(C)=O)C(C)C. The number of esters is 2. The molecule has 4 heteroatoms. The summed E-state index contributed by atoms with van der Waals surface area (Å²) in [4.78, 5) is 21.5. The summed E-state index contributed by atoms with van der Waals surface area (Å²) in [5, 5.41) is 0. The van der Waals surface area contributed by atoms with E-state index in [1.165, 1.54) is 13.8 Å². The lowest BCUT2D eigenvalue weighted by Gasteiger charge is -2.32. The Morgan fingerprint density at radius 3 is 2.00 bits per heavy atom. The van der Waals surface area contributed by atoms with Gasteiger partial charge in [-0.25, -0.2) is 0 Å². The molecule has 0 aromatic carbocycles. The van der Waals surface area contributed by atoms with Gasteiger partial charge in [-0.05, 0) is 12.8 Å². The zero-order valence-electron chi connectivity index (χ0n) is 9.42. The maximum atomic E-state index is 10.8. The summed E-state index contributed by atoms with van der Waals surface area (Å²) in [6.45, 7) is 8.34. The second-order valence-corrected chi connectivity index (χ2v) is 3.84. The topological polar surface area (TPSA) is 52.6 Å². The van der Waals surface area contributed by atoms with Crippen molar-refractivity contribution in [3.05, 3.63) is 0 Å². The van der Waals surface area contributed by atoms with Crippen molar-refractivity contribution in [2.24, 2.45) is 5.92 Å². The number of carbonyl (C=O) groups is 2. The first-order chi connectivity index (χ1) is 6.28. The lowest BCUT2D eigenvalue weighted by atomic mass is 9.93. The maximum Gasteiger partial charge on any atom is 0.303 e. The fourth-order valence-corrected chi connectivity index (χ4v) is 0.887. The lowest BCUT2D eigenvalue weighted by molar-refractivity contribution is -0.173. The third-order valence-electron chi connectivity index (χ3n) is 2.16. The molecule has 0 aromatic heterocycles. The summed E-state index contributed by atoms with van der Waals surface area (Å²) in [5.41, 5.74) is -0.739. The van der Waals surface area contributed by atoms with Gasteiger partial charge < -0.3 is 9.47 Å². The molecular weight excluding hydrogens is 184 g/mol. The van der Waals surface area contributed by atoms with Crippen LogP contribution in [-0.2, 0) is 19.1 Å². The second kappa shape index (κ2) is 4.98. The van der Waals surface area contributed by atoms with Crippen LogP contribution in [0.15, 0.2) is 0 Å². The highest BCUT2D eigenvalue weighted by atomic mass is 16.6. The number of carbonyl (C=O) groups excluding carboxylic acids is 2. The molecular formula is C10H18O4. The van der Waals surface area contributed by atoms with Crippen molar-refractivity contribution < 1.29 is 19.1 Å². The van der Waals surface area contributed by atoms with Gasteiger partial charge >= 0.3 is 11.9 Å². The van der Waals surface area contributed by atoms with Gasteiger partial charge in [-0.1, -0.05) is 13.8 Å².